The number of hydrogen-bond acceptors (Lipinski definition) is 3. The summed E-state index contributed by atoms with van der Waals surface area (Å²) in [5.41, 5.74) is 1.61. The summed E-state index contributed by atoms with van der Waals surface area (Å²) < 4.78 is 0. The predicted octanol–water partition coefficient (Wildman–Crippen LogP) is 4.01. The Hall–Kier alpha value is -0.370. The number of aromatic nitrogens is 1. The highest BCUT2D eigenvalue weighted by Gasteiger charge is 2.31. The number of nitrogens with zero attached hydrogens (tertiary/aromatic N) is 2. The third-order valence-electron chi connectivity index (χ3n) is 4.68. The van der Waals surface area contributed by atoms with Crippen LogP contribution in [0.1, 0.15) is 54.6 Å². The fourth-order valence-electron chi connectivity index (χ4n) is 3.17. The van der Waals surface area contributed by atoms with Crippen LogP contribution in [0, 0.1) is 19.3 Å². The monoisotopic (exact) mass is 436 g/mol. The van der Waals surface area contributed by atoms with Crippen molar-refractivity contribution in [2.75, 3.05) is 13.6 Å². The van der Waals surface area contributed by atoms with E-state index in [2.05, 4.69) is 41.4 Å². The molecule has 0 amide bonds. The van der Waals surface area contributed by atoms with Crippen molar-refractivity contribution >= 4 is 41.3 Å². The molecule has 1 aliphatic carbocycles. The lowest BCUT2D eigenvalue weighted by Crippen LogP contribution is -2.42. The molecule has 6 heteroatoms. The van der Waals surface area contributed by atoms with Gasteiger partial charge in [0.2, 0.25) is 0 Å². The summed E-state index contributed by atoms with van der Waals surface area (Å²) >= 11 is 1.76. The van der Waals surface area contributed by atoms with Crippen LogP contribution in [0.2, 0.25) is 0 Å². The summed E-state index contributed by atoms with van der Waals surface area (Å²) in [6, 6.07) is 0. The lowest BCUT2D eigenvalue weighted by Gasteiger charge is -2.28. The molecule has 0 atom stereocenters. The van der Waals surface area contributed by atoms with Gasteiger partial charge in [-0.15, -0.1) is 35.3 Å². The molecule has 4 nitrogen and oxygen atoms in total. The minimum atomic E-state index is 0. The zero-order valence-corrected chi connectivity index (χ0v) is 17.3. The highest BCUT2D eigenvalue weighted by atomic mass is 127. The minimum Gasteiger partial charge on any atom is -0.356 e. The van der Waals surface area contributed by atoms with Crippen molar-refractivity contribution < 1.29 is 0 Å². The van der Waals surface area contributed by atoms with Crippen molar-refractivity contribution in [3.63, 3.8) is 0 Å². The molecule has 0 aromatic carbocycles. The van der Waals surface area contributed by atoms with Gasteiger partial charge in [0.15, 0.2) is 5.96 Å². The van der Waals surface area contributed by atoms with Crippen LogP contribution in [0.3, 0.4) is 0 Å². The molecule has 0 aliphatic heterocycles. The number of rotatable bonds is 5. The Bertz CT molecular complexity index is 492. The minimum absolute atomic E-state index is 0. The Balaban J connectivity index is 0.00000242. The number of thiazole rings is 1. The van der Waals surface area contributed by atoms with Crippen LogP contribution in [-0.2, 0) is 6.54 Å². The summed E-state index contributed by atoms with van der Waals surface area (Å²) in [5.74, 6) is 0.903. The van der Waals surface area contributed by atoms with Gasteiger partial charge in [-0.3, -0.25) is 4.99 Å². The van der Waals surface area contributed by atoms with E-state index in [1.165, 1.54) is 37.0 Å². The maximum absolute atomic E-state index is 4.47. The normalized spacial score (nSPS) is 17.2. The number of aryl methyl sites for hydroxylation is 2. The highest BCUT2D eigenvalue weighted by Crippen LogP contribution is 2.40. The van der Waals surface area contributed by atoms with Gasteiger partial charge in [-0.2, -0.15) is 0 Å². The molecule has 2 N–H and O–H groups in total. The molecular formula is C16H29IN4S. The summed E-state index contributed by atoms with van der Waals surface area (Å²) in [5, 5.41) is 8.07. The molecule has 0 unspecified atom stereocenters. The summed E-state index contributed by atoms with van der Waals surface area (Å²) in [7, 11) is 1.84. The number of halogens is 1. The van der Waals surface area contributed by atoms with Crippen LogP contribution in [0.15, 0.2) is 4.99 Å². The molecule has 1 aromatic rings. The maximum atomic E-state index is 4.47. The molecular weight excluding hydrogens is 407 g/mol. The number of aliphatic imine (C=N–C) groups is 1. The quantitative estimate of drug-likeness (QED) is 0.417. The van der Waals surface area contributed by atoms with E-state index in [0.29, 0.717) is 5.41 Å². The van der Waals surface area contributed by atoms with Crippen molar-refractivity contribution in [3.8, 4) is 0 Å². The van der Waals surface area contributed by atoms with Gasteiger partial charge in [0.05, 0.1) is 17.2 Å². The third kappa shape index (κ3) is 5.08. The van der Waals surface area contributed by atoms with Gasteiger partial charge in [-0.25, -0.2) is 4.98 Å². The second-order valence-corrected chi connectivity index (χ2v) is 7.37. The molecule has 0 saturated heterocycles. The lowest BCUT2D eigenvalue weighted by molar-refractivity contribution is 0.283. The molecule has 2 rings (SSSR count). The van der Waals surface area contributed by atoms with Crippen molar-refractivity contribution in [3.05, 3.63) is 15.6 Å². The molecule has 1 aliphatic rings. The summed E-state index contributed by atoms with van der Waals surface area (Å²) in [6.45, 7) is 8.27. The summed E-state index contributed by atoms with van der Waals surface area (Å²) in [6.07, 6.45) is 6.70. The van der Waals surface area contributed by atoms with Crippen LogP contribution in [0.5, 0.6) is 0 Å². The topological polar surface area (TPSA) is 49.3 Å². The van der Waals surface area contributed by atoms with Crippen molar-refractivity contribution in [2.24, 2.45) is 10.4 Å². The molecule has 0 bridgehead atoms. The van der Waals surface area contributed by atoms with Crippen molar-refractivity contribution in [1.82, 2.24) is 15.6 Å². The lowest BCUT2D eigenvalue weighted by atomic mass is 9.83. The Kier molecular flexibility index (Phi) is 8.10. The zero-order valence-electron chi connectivity index (χ0n) is 14.2. The van der Waals surface area contributed by atoms with E-state index < -0.39 is 0 Å². The average molecular weight is 436 g/mol. The summed E-state index contributed by atoms with van der Waals surface area (Å²) in [4.78, 5) is 10.1. The Morgan fingerprint density at radius 2 is 1.95 bits per heavy atom. The molecule has 0 radical (unpaired) electrons. The van der Waals surface area contributed by atoms with Gasteiger partial charge in [0, 0.05) is 18.5 Å². The standard InChI is InChI=1S/C16H28N4S.HI/c1-5-16(8-6-7-9-16)11-19-15(17-4)18-10-14-12(2)20-13(3)21-14;/h5-11H2,1-4H3,(H2,17,18,19);1H. The molecule has 1 heterocycles. The molecule has 126 valence electrons. The Morgan fingerprint density at radius 1 is 1.27 bits per heavy atom. The van der Waals surface area contributed by atoms with Gasteiger partial charge in [-0.1, -0.05) is 19.8 Å². The van der Waals surface area contributed by atoms with Crippen LogP contribution in [0.4, 0.5) is 0 Å². The van der Waals surface area contributed by atoms with E-state index in [1.54, 1.807) is 11.3 Å². The molecule has 1 fully saturated rings. The third-order valence-corrected chi connectivity index (χ3v) is 5.76. The number of guanidine groups is 1. The van der Waals surface area contributed by atoms with Crippen LogP contribution in [-0.4, -0.2) is 24.5 Å². The largest absolute Gasteiger partial charge is 0.356 e. The van der Waals surface area contributed by atoms with Gasteiger partial charge >= 0.3 is 0 Å². The van der Waals surface area contributed by atoms with Gasteiger partial charge in [-0.05, 0) is 38.5 Å². The maximum Gasteiger partial charge on any atom is 0.191 e. The number of hydrogen-bond donors (Lipinski definition) is 2. The fourth-order valence-corrected chi connectivity index (χ4v) is 4.05. The zero-order chi connectivity index (χ0) is 15.3. The highest BCUT2D eigenvalue weighted by molar-refractivity contribution is 14.0. The SMILES string of the molecule is CCC1(CNC(=NC)NCc2sc(C)nc2C)CCCC1.I. The molecule has 1 aromatic heterocycles. The van der Waals surface area contributed by atoms with Crippen LogP contribution >= 0.6 is 35.3 Å². The smallest absolute Gasteiger partial charge is 0.191 e. The average Bonchev–Trinajstić information content (AvgIpc) is 3.06. The second kappa shape index (κ2) is 9.05. The van der Waals surface area contributed by atoms with E-state index in [0.717, 1.165) is 29.8 Å². The first kappa shape index (κ1) is 19.7. The van der Waals surface area contributed by atoms with E-state index in [1.807, 2.05) is 7.05 Å². The first-order valence-corrected chi connectivity index (χ1v) is 8.77. The molecule has 22 heavy (non-hydrogen) atoms. The van der Waals surface area contributed by atoms with E-state index >= 15 is 0 Å². The predicted molar refractivity (Wildman–Crippen MR) is 106 cm³/mol. The van der Waals surface area contributed by atoms with Crippen molar-refractivity contribution in [2.45, 2.75) is 59.4 Å². The Morgan fingerprint density at radius 3 is 2.45 bits per heavy atom. The van der Waals surface area contributed by atoms with Crippen LogP contribution in [0.25, 0.3) is 0 Å². The van der Waals surface area contributed by atoms with Crippen molar-refractivity contribution in [1.29, 1.82) is 0 Å². The molecule has 0 spiro atoms. The first-order valence-electron chi connectivity index (χ1n) is 7.96. The number of nitrogens with one attached hydrogen (secondary N) is 2. The van der Waals surface area contributed by atoms with Crippen LogP contribution < -0.4 is 10.6 Å². The first-order chi connectivity index (χ1) is 10.1. The second-order valence-electron chi connectivity index (χ2n) is 6.08. The fraction of sp³-hybridized carbons (Fsp3) is 0.750. The molecule has 1 saturated carbocycles. The van der Waals surface area contributed by atoms with Gasteiger partial charge in [0.25, 0.3) is 0 Å². The van der Waals surface area contributed by atoms with E-state index in [9.17, 15) is 0 Å². The van der Waals surface area contributed by atoms with Gasteiger partial charge < -0.3 is 10.6 Å². The Labute approximate surface area is 155 Å². The van der Waals surface area contributed by atoms with E-state index in [-0.39, 0.29) is 24.0 Å². The van der Waals surface area contributed by atoms with E-state index in [4.69, 9.17) is 0 Å². The van der Waals surface area contributed by atoms with Gasteiger partial charge in [0.1, 0.15) is 0 Å².